The summed E-state index contributed by atoms with van der Waals surface area (Å²) in [5, 5.41) is 7.62. The number of rotatable bonds is 6. The molecule has 2 heterocycles. The van der Waals surface area contributed by atoms with E-state index in [2.05, 4.69) is 53.8 Å². The van der Waals surface area contributed by atoms with Gasteiger partial charge in [0, 0.05) is 19.8 Å². The second kappa shape index (κ2) is 7.20. The van der Waals surface area contributed by atoms with Gasteiger partial charge in [0.25, 0.3) is 0 Å². The van der Waals surface area contributed by atoms with Crippen molar-refractivity contribution in [2.75, 3.05) is 11.9 Å². The molecule has 0 fully saturated rings. The summed E-state index contributed by atoms with van der Waals surface area (Å²) >= 11 is 2.35. The molecule has 0 aliphatic heterocycles. The molecule has 0 aromatic carbocycles. The standard InChI is InChI=1S/C15H22IN5/c1-5-7-17-15-13(16)11(9-10(2)3)19-14(20-15)12-6-8-18-21(12)4/h6,8,10H,5,7,9H2,1-4H3,(H,17,19,20). The first-order chi connectivity index (χ1) is 10.0. The zero-order valence-electron chi connectivity index (χ0n) is 13.0. The Labute approximate surface area is 139 Å². The summed E-state index contributed by atoms with van der Waals surface area (Å²) in [5.74, 6) is 2.23. The Kier molecular flexibility index (Phi) is 5.55. The number of halogens is 1. The highest BCUT2D eigenvalue weighted by atomic mass is 127. The smallest absolute Gasteiger partial charge is 0.180 e. The zero-order chi connectivity index (χ0) is 15.4. The van der Waals surface area contributed by atoms with Crippen LogP contribution in [0.4, 0.5) is 5.82 Å². The van der Waals surface area contributed by atoms with Crippen LogP contribution in [-0.2, 0) is 13.5 Å². The molecule has 1 N–H and O–H groups in total. The molecule has 6 heteroatoms. The van der Waals surface area contributed by atoms with E-state index < -0.39 is 0 Å². The molecule has 0 aliphatic carbocycles. The number of anilines is 1. The normalized spacial score (nSPS) is 11.1. The lowest BCUT2D eigenvalue weighted by atomic mass is 10.1. The quantitative estimate of drug-likeness (QED) is 0.756. The molecule has 0 unspecified atom stereocenters. The van der Waals surface area contributed by atoms with Crippen LogP contribution in [0.25, 0.3) is 11.5 Å². The molecule has 0 radical (unpaired) electrons. The van der Waals surface area contributed by atoms with E-state index in [4.69, 9.17) is 9.97 Å². The molecule has 0 amide bonds. The Bertz CT molecular complexity index is 606. The van der Waals surface area contributed by atoms with Gasteiger partial charge in [-0.1, -0.05) is 20.8 Å². The van der Waals surface area contributed by atoms with Crippen LogP contribution in [0.2, 0.25) is 0 Å². The Balaban J connectivity index is 2.47. The predicted molar refractivity (Wildman–Crippen MR) is 94.3 cm³/mol. The molecule has 2 aromatic heterocycles. The van der Waals surface area contributed by atoms with Crippen molar-refractivity contribution in [2.24, 2.45) is 13.0 Å². The summed E-state index contributed by atoms with van der Waals surface area (Å²) in [4.78, 5) is 9.46. The molecule has 0 spiro atoms. The lowest BCUT2D eigenvalue weighted by Crippen LogP contribution is -2.11. The highest BCUT2D eigenvalue weighted by molar-refractivity contribution is 14.1. The third kappa shape index (κ3) is 3.93. The first-order valence-corrected chi connectivity index (χ1v) is 8.39. The molecular formula is C15H22IN5. The molecular weight excluding hydrogens is 377 g/mol. The van der Waals surface area contributed by atoms with Gasteiger partial charge in [0.2, 0.25) is 0 Å². The van der Waals surface area contributed by atoms with Gasteiger partial charge in [-0.15, -0.1) is 0 Å². The second-order valence-electron chi connectivity index (χ2n) is 5.52. The molecule has 0 saturated carbocycles. The third-order valence-electron chi connectivity index (χ3n) is 3.11. The maximum atomic E-state index is 4.77. The van der Waals surface area contributed by atoms with E-state index in [1.165, 1.54) is 0 Å². The van der Waals surface area contributed by atoms with Crippen molar-refractivity contribution < 1.29 is 0 Å². The molecule has 5 nitrogen and oxygen atoms in total. The average Bonchev–Trinajstić information content (AvgIpc) is 2.85. The fourth-order valence-corrected chi connectivity index (χ4v) is 2.74. The van der Waals surface area contributed by atoms with Crippen LogP contribution >= 0.6 is 22.6 Å². The lowest BCUT2D eigenvalue weighted by molar-refractivity contribution is 0.631. The van der Waals surface area contributed by atoms with Crippen LogP contribution in [0.5, 0.6) is 0 Å². The first kappa shape index (κ1) is 16.2. The number of aromatic nitrogens is 4. The first-order valence-electron chi connectivity index (χ1n) is 7.31. The van der Waals surface area contributed by atoms with Crippen LogP contribution in [0, 0.1) is 9.49 Å². The molecule has 2 aromatic rings. The van der Waals surface area contributed by atoms with E-state index in [1.807, 2.05) is 17.8 Å². The number of hydrogen-bond acceptors (Lipinski definition) is 4. The highest BCUT2D eigenvalue weighted by Gasteiger charge is 2.15. The average molecular weight is 399 g/mol. The van der Waals surface area contributed by atoms with Crippen molar-refractivity contribution in [1.29, 1.82) is 0 Å². The van der Waals surface area contributed by atoms with E-state index in [9.17, 15) is 0 Å². The number of aryl methyl sites for hydroxylation is 1. The second-order valence-corrected chi connectivity index (χ2v) is 6.60. The topological polar surface area (TPSA) is 55.6 Å². The molecule has 0 bridgehead atoms. The number of nitrogens with one attached hydrogen (secondary N) is 1. The Morgan fingerprint density at radius 2 is 2.10 bits per heavy atom. The van der Waals surface area contributed by atoms with E-state index in [0.717, 1.165) is 46.0 Å². The van der Waals surface area contributed by atoms with Gasteiger partial charge in [0.15, 0.2) is 5.82 Å². The van der Waals surface area contributed by atoms with Gasteiger partial charge in [0.05, 0.1) is 9.26 Å². The summed E-state index contributed by atoms with van der Waals surface area (Å²) in [7, 11) is 1.91. The largest absolute Gasteiger partial charge is 0.369 e. The molecule has 0 atom stereocenters. The molecule has 114 valence electrons. The van der Waals surface area contributed by atoms with E-state index in [-0.39, 0.29) is 0 Å². The van der Waals surface area contributed by atoms with Gasteiger partial charge in [-0.25, -0.2) is 9.97 Å². The van der Waals surface area contributed by atoms with Crippen molar-refractivity contribution in [3.05, 3.63) is 21.5 Å². The SMILES string of the molecule is CCCNc1nc(-c2ccnn2C)nc(CC(C)C)c1I. The van der Waals surface area contributed by atoms with E-state index in [0.29, 0.717) is 5.92 Å². The van der Waals surface area contributed by atoms with Crippen LogP contribution in [-0.4, -0.2) is 26.3 Å². The minimum absolute atomic E-state index is 0.562. The van der Waals surface area contributed by atoms with Gasteiger partial charge in [-0.2, -0.15) is 5.10 Å². The van der Waals surface area contributed by atoms with Crippen molar-refractivity contribution in [3.8, 4) is 11.5 Å². The van der Waals surface area contributed by atoms with Gasteiger partial charge in [-0.05, 0) is 47.4 Å². The summed E-state index contributed by atoms with van der Waals surface area (Å²) in [6.45, 7) is 7.49. The highest BCUT2D eigenvalue weighted by Crippen LogP contribution is 2.25. The number of nitrogens with zero attached hydrogens (tertiary/aromatic N) is 4. The van der Waals surface area contributed by atoms with Crippen LogP contribution < -0.4 is 5.32 Å². The maximum Gasteiger partial charge on any atom is 0.180 e. The van der Waals surface area contributed by atoms with Crippen LogP contribution in [0.1, 0.15) is 32.9 Å². The summed E-state index contributed by atoms with van der Waals surface area (Å²) in [6, 6.07) is 1.95. The number of hydrogen-bond donors (Lipinski definition) is 1. The van der Waals surface area contributed by atoms with Crippen molar-refractivity contribution >= 4 is 28.4 Å². The predicted octanol–water partition coefficient (Wildman–Crippen LogP) is 3.50. The fourth-order valence-electron chi connectivity index (χ4n) is 2.08. The maximum absolute atomic E-state index is 4.77. The van der Waals surface area contributed by atoms with Gasteiger partial charge in [0.1, 0.15) is 11.5 Å². The van der Waals surface area contributed by atoms with E-state index >= 15 is 0 Å². The van der Waals surface area contributed by atoms with E-state index in [1.54, 1.807) is 6.20 Å². The third-order valence-corrected chi connectivity index (χ3v) is 4.25. The van der Waals surface area contributed by atoms with Crippen molar-refractivity contribution in [2.45, 2.75) is 33.6 Å². The van der Waals surface area contributed by atoms with Crippen molar-refractivity contribution in [1.82, 2.24) is 19.7 Å². The zero-order valence-corrected chi connectivity index (χ0v) is 15.2. The Morgan fingerprint density at radius 1 is 1.33 bits per heavy atom. The molecule has 0 saturated heterocycles. The minimum Gasteiger partial charge on any atom is -0.369 e. The van der Waals surface area contributed by atoms with Crippen LogP contribution in [0.15, 0.2) is 12.3 Å². The minimum atomic E-state index is 0.562. The Morgan fingerprint density at radius 3 is 2.67 bits per heavy atom. The summed E-state index contributed by atoms with van der Waals surface area (Å²) < 4.78 is 2.94. The van der Waals surface area contributed by atoms with Gasteiger partial charge >= 0.3 is 0 Å². The molecule has 2 rings (SSSR count). The monoisotopic (exact) mass is 399 g/mol. The van der Waals surface area contributed by atoms with Gasteiger partial charge < -0.3 is 5.32 Å². The van der Waals surface area contributed by atoms with Gasteiger partial charge in [-0.3, -0.25) is 4.68 Å². The Hall–Kier alpha value is -1.18. The lowest BCUT2D eigenvalue weighted by Gasteiger charge is -2.14. The summed E-state index contributed by atoms with van der Waals surface area (Å²) in [6.07, 6.45) is 3.80. The molecule has 21 heavy (non-hydrogen) atoms. The molecule has 0 aliphatic rings. The summed E-state index contributed by atoms with van der Waals surface area (Å²) in [5.41, 5.74) is 2.05. The van der Waals surface area contributed by atoms with Crippen molar-refractivity contribution in [3.63, 3.8) is 0 Å². The fraction of sp³-hybridized carbons (Fsp3) is 0.533. The van der Waals surface area contributed by atoms with Crippen LogP contribution in [0.3, 0.4) is 0 Å².